The van der Waals surface area contributed by atoms with Crippen molar-refractivity contribution in [3.05, 3.63) is 75.2 Å². The van der Waals surface area contributed by atoms with Gasteiger partial charge < -0.3 is 4.74 Å². The third-order valence-electron chi connectivity index (χ3n) is 6.10. The second-order valence-corrected chi connectivity index (χ2v) is 10.3. The summed E-state index contributed by atoms with van der Waals surface area (Å²) in [6.07, 6.45) is 6.03. The van der Waals surface area contributed by atoms with Crippen LogP contribution in [0.1, 0.15) is 47.3 Å². The van der Waals surface area contributed by atoms with Gasteiger partial charge in [0, 0.05) is 26.5 Å². The molecule has 2 heterocycles. The number of halogens is 1. The van der Waals surface area contributed by atoms with Gasteiger partial charge in [-0.05, 0) is 49.4 Å². The second kappa shape index (κ2) is 10.7. The topological polar surface area (TPSA) is 81.2 Å². The molecule has 1 aliphatic carbocycles. The Labute approximate surface area is 215 Å². The number of amides is 1. The van der Waals surface area contributed by atoms with Gasteiger partial charge in [-0.1, -0.05) is 59.1 Å². The van der Waals surface area contributed by atoms with E-state index in [1.54, 1.807) is 0 Å². The lowest BCUT2D eigenvalue weighted by molar-refractivity contribution is -0.119. The van der Waals surface area contributed by atoms with E-state index < -0.39 is 11.9 Å². The molecule has 35 heavy (non-hydrogen) atoms. The van der Waals surface area contributed by atoms with Gasteiger partial charge in [-0.3, -0.25) is 15.1 Å². The number of esters is 1. The van der Waals surface area contributed by atoms with Crippen LogP contribution in [-0.4, -0.2) is 28.5 Å². The number of benzene rings is 2. The first-order chi connectivity index (χ1) is 17.1. The lowest BCUT2D eigenvalue weighted by Gasteiger charge is -2.18. The molecular weight excluding hydrogens is 526 g/mol. The van der Waals surface area contributed by atoms with Crippen LogP contribution in [0, 0.1) is 0 Å². The number of pyridine rings is 1. The van der Waals surface area contributed by atoms with E-state index in [1.807, 2.05) is 53.9 Å². The fraction of sp³-hybridized carbons (Fsp3) is 0.259. The minimum Gasteiger partial charge on any atom is -0.452 e. The number of para-hydroxylation sites is 1. The average Bonchev–Trinajstić information content (AvgIpc) is 3.31. The van der Waals surface area contributed by atoms with E-state index in [9.17, 15) is 9.59 Å². The van der Waals surface area contributed by atoms with Crippen molar-refractivity contribution in [2.75, 3.05) is 11.9 Å². The lowest BCUT2D eigenvalue weighted by atomic mass is 9.91. The molecule has 178 valence electrons. The van der Waals surface area contributed by atoms with Crippen molar-refractivity contribution in [2.24, 2.45) is 0 Å². The average molecular weight is 550 g/mol. The Morgan fingerprint density at radius 2 is 1.74 bits per heavy atom. The molecule has 0 radical (unpaired) electrons. The van der Waals surface area contributed by atoms with Crippen LogP contribution in [0.2, 0.25) is 0 Å². The molecule has 5 rings (SSSR count). The van der Waals surface area contributed by atoms with E-state index in [2.05, 4.69) is 26.2 Å². The number of nitrogens with zero attached hydrogens (tertiary/aromatic N) is 2. The Kier molecular flexibility index (Phi) is 7.20. The standard InChI is InChI=1S/C27H24BrN3O3S/c28-18-13-11-17(12-14-18)23-16-35-27(30-23)31-24(32)15-34-26(33)25-19-7-3-1-2-4-9-21(19)29-22-10-6-5-8-20(22)25/h5-6,8,10-14,16H,1-4,7,9,15H2,(H,30,31,32). The summed E-state index contributed by atoms with van der Waals surface area (Å²) in [5.74, 6) is -0.901. The second-order valence-electron chi connectivity index (χ2n) is 8.51. The highest BCUT2D eigenvalue weighted by atomic mass is 79.9. The minimum atomic E-state index is -0.481. The zero-order chi connectivity index (χ0) is 24.2. The van der Waals surface area contributed by atoms with Crippen LogP contribution in [-0.2, 0) is 22.4 Å². The maximum absolute atomic E-state index is 13.3. The number of thiazole rings is 1. The first kappa shape index (κ1) is 23.6. The molecule has 2 aromatic carbocycles. The molecule has 0 unspecified atom stereocenters. The molecule has 6 nitrogen and oxygen atoms in total. The maximum Gasteiger partial charge on any atom is 0.339 e. The SMILES string of the molecule is O=C(COC(=O)c1c2c(nc3ccccc13)CCCCCC2)Nc1nc(-c2ccc(Br)cc2)cs1. The fourth-order valence-electron chi connectivity index (χ4n) is 4.40. The van der Waals surface area contributed by atoms with Crippen LogP contribution in [0.3, 0.4) is 0 Å². The first-order valence-corrected chi connectivity index (χ1v) is 13.3. The van der Waals surface area contributed by atoms with Gasteiger partial charge in [-0.2, -0.15) is 0 Å². The largest absolute Gasteiger partial charge is 0.452 e. The van der Waals surface area contributed by atoms with Crippen LogP contribution in [0.15, 0.2) is 58.4 Å². The number of aromatic nitrogens is 2. The predicted molar refractivity (Wildman–Crippen MR) is 142 cm³/mol. The summed E-state index contributed by atoms with van der Waals surface area (Å²) in [5.41, 5.74) is 5.00. The number of carbonyl (C=O) groups is 2. The molecule has 0 saturated carbocycles. The molecule has 0 fully saturated rings. The molecule has 0 saturated heterocycles. The molecule has 4 aromatic rings. The number of hydrogen-bond acceptors (Lipinski definition) is 6. The summed E-state index contributed by atoms with van der Waals surface area (Å²) < 4.78 is 6.49. The van der Waals surface area contributed by atoms with Crippen molar-refractivity contribution in [3.63, 3.8) is 0 Å². The van der Waals surface area contributed by atoms with Crippen LogP contribution in [0.5, 0.6) is 0 Å². The van der Waals surface area contributed by atoms with E-state index in [-0.39, 0.29) is 6.61 Å². The molecule has 8 heteroatoms. The molecule has 0 aliphatic heterocycles. The lowest BCUT2D eigenvalue weighted by Crippen LogP contribution is -2.22. The van der Waals surface area contributed by atoms with Gasteiger partial charge in [0.2, 0.25) is 0 Å². The summed E-state index contributed by atoms with van der Waals surface area (Å²) in [4.78, 5) is 35.1. The number of aryl methyl sites for hydroxylation is 1. The fourth-order valence-corrected chi connectivity index (χ4v) is 5.40. The van der Waals surface area contributed by atoms with E-state index in [4.69, 9.17) is 9.72 Å². The number of carbonyl (C=O) groups excluding carboxylic acids is 2. The Bertz CT molecular complexity index is 1380. The maximum atomic E-state index is 13.3. The van der Waals surface area contributed by atoms with Crippen molar-refractivity contribution < 1.29 is 14.3 Å². The Morgan fingerprint density at radius 1 is 0.971 bits per heavy atom. The Morgan fingerprint density at radius 3 is 2.57 bits per heavy atom. The number of hydrogen-bond donors (Lipinski definition) is 1. The predicted octanol–water partition coefficient (Wildman–Crippen LogP) is 6.58. The van der Waals surface area contributed by atoms with Crippen LogP contribution >= 0.6 is 27.3 Å². The van der Waals surface area contributed by atoms with Crippen molar-refractivity contribution >= 4 is 55.2 Å². The Balaban J connectivity index is 1.30. The number of fused-ring (bicyclic) bond motifs is 2. The van der Waals surface area contributed by atoms with Crippen molar-refractivity contribution in [2.45, 2.75) is 38.5 Å². The van der Waals surface area contributed by atoms with Gasteiger partial charge in [-0.15, -0.1) is 11.3 Å². The minimum absolute atomic E-state index is 0.378. The van der Waals surface area contributed by atoms with Gasteiger partial charge in [-0.25, -0.2) is 9.78 Å². The third-order valence-corrected chi connectivity index (χ3v) is 7.38. The van der Waals surface area contributed by atoms with Gasteiger partial charge in [0.1, 0.15) is 0 Å². The smallest absolute Gasteiger partial charge is 0.339 e. The first-order valence-electron chi connectivity index (χ1n) is 11.7. The van der Waals surface area contributed by atoms with Crippen molar-refractivity contribution in [1.29, 1.82) is 0 Å². The van der Waals surface area contributed by atoms with Gasteiger partial charge >= 0.3 is 5.97 Å². The molecule has 1 amide bonds. The molecule has 2 aromatic heterocycles. The van der Waals surface area contributed by atoms with Gasteiger partial charge in [0.05, 0.1) is 16.8 Å². The number of ether oxygens (including phenoxy) is 1. The molecular formula is C27H24BrN3O3S. The zero-order valence-electron chi connectivity index (χ0n) is 19.1. The van der Waals surface area contributed by atoms with Crippen LogP contribution in [0.25, 0.3) is 22.2 Å². The zero-order valence-corrected chi connectivity index (χ0v) is 21.5. The highest BCUT2D eigenvalue weighted by Crippen LogP contribution is 2.29. The van der Waals surface area contributed by atoms with Crippen molar-refractivity contribution in [1.82, 2.24) is 9.97 Å². The monoisotopic (exact) mass is 549 g/mol. The van der Waals surface area contributed by atoms with Crippen LogP contribution in [0.4, 0.5) is 5.13 Å². The molecule has 1 N–H and O–H groups in total. The van der Waals surface area contributed by atoms with Gasteiger partial charge in [0.25, 0.3) is 5.91 Å². The van der Waals surface area contributed by atoms with E-state index in [0.29, 0.717) is 10.7 Å². The van der Waals surface area contributed by atoms with E-state index >= 15 is 0 Å². The summed E-state index contributed by atoms with van der Waals surface area (Å²) in [5, 5.41) is 5.85. The summed E-state index contributed by atoms with van der Waals surface area (Å²) in [6.45, 7) is -0.378. The molecule has 0 bridgehead atoms. The highest BCUT2D eigenvalue weighted by molar-refractivity contribution is 9.10. The number of nitrogens with one attached hydrogen (secondary N) is 1. The third kappa shape index (κ3) is 5.44. The van der Waals surface area contributed by atoms with Crippen molar-refractivity contribution in [3.8, 4) is 11.3 Å². The number of anilines is 1. The van der Waals surface area contributed by atoms with E-state index in [0.717, 1.165) is 70.0 Å². The summed E-state index contributed by atoms with van der Waals surface area (Å²) in [7, 11) is 0. The van der Waals surface area contributed by atoms with Gasteiger partial charge in [0.15, 0.2) is 11.7 Å². The van der Waals surface area contributed by atoms with E-state index in [1.165, 1.54) is 17.8 Å². The summed E-state index contributed by atoms with van der Waals surface area (Å²) >= 11 is 4.75. The number of rotatable bonds is 5. The highest BCUT2D eigenvalue weighted by Gasteiger charge is 2.23. The molecule has 1 aliphatic rings. The normalized spacial score (nSPS) is 13.5. The molecule has 0 spiro atoms. The summed E-state index contributed by atoms with van der Waals surface area (Å²) in [6, 6.07) is 15.4. The molecule has 0 atom stereocenters. The quantitative estimate of drug-likeness (QED) is 0.284. The Hall–Kier alpha value is -3.10. The van der Waals surface area contributed by atoms with Crippen LogP contribution < -0.4 is 5.32 Å².